The van der Waals surface area contributed by atoms with Gasteiger partial charge >= 0.3 is 0 Å². The first-order valence-electron chi connectivity index (χ1n) is 8.84. The molecule has 3 aromatic rings. The van der Waals surface area contributed by atoms with Crippen molar-refractivity contribution in [2.45, 2.75) is 13.0 Å². The van der Waals surface area contributed by atoms with E-state index in [0.29, 0.717) is 17.9 Å². The number of hydrazone groups is 1. The molecule has 0 saturated heterocycles. The van der Waals surface area contributed by atoms with E-state index in [1.807, 2.05) is 48.5 Å². The van der Waals surface area contributed by atoms with E-state index in [4.69, 9.17) is 9.47 Å². The van der Waals surface area contributed by atoms with Gasteiger partial charge in [-0.2, -0.15) is 5.10 Å². The molecule has 0 radical (unpaired) electrons. The first kappa shape index (κ1) is 19.1. The number of hydrogen-bond donors (Lipinski definition) is 1. The molecule has 1 heterocycles. The maximum absolute atomic E-state index is 12.2. The van der Waals surface area contributed by atoms with Crippen molar-refractivity contribution >= 4 is 23.0 Å². The summed E-state index contributed by atoms with van der Waals surface area (Å²) in [6.45, 7) is 5.72. The molecule has 0 bridgehead atoms. The molecule has 3 rings (SSSR count). The lowest BCUT2D eigenvalue weighted by Gasteiger charge is -2.14. The Bertz CT molecular complexity index is 978. The number of carbonyl (C=O) groups is 1. The quantitative estimate of drug-likeness (QED) is 0.370. The third kappa shape index (κ3) is 4.94. The molecule has 1 aromatic heterocycles. The minimum Gasteiger partial charge on any atom is -0.490 e. The summed E-state index contributed by atoms with van der Waals surface area (Å²) in [5.41, 5.74) is 4.04. The Hall–Kier alpha value is -3.67. The number of benzene rings is 2. The van der Waals surface area contributed by atoms with E-state index >= 15 is 0 Å². The number of ether oxygens (including phenoxy) is 2. The fraction of sp³-hybridized carbons (Fsp3) is 0.136. The van der Waals surface area contributed by atoms with Gasteiger partial charge in [0.25, 0.3) is 5.91 Å². The van der Waals surface area contributed by atoms with Crippen molar-refractivity contribution in [1.29, 1.82) is 0 Å². The highest BCUT2D eigenvalue weighted by Gasteiger charge is 2.15. The lowest BCUT2D eigenvalue weighted by molar-refractivity contribution is -0.127. The van der Waals surface area contributed by atoms with Gasteiger partial charge in [0, 0.05) is 11.6 Å². The van der Waals surface area contributed by atoms with Crippen molar-refractivity contribution in [3.8, 4) is 11.5 Å². The second-order valence-corrected chi connectivity index (χ2v) is 5.99. The topological polar surface area (TPSA) is 72.8 Å². The minimum atomic E-state index is -0.723. The molecule has 6 nitrogen and oxygen atoms in total. The van der Waals surface area contributed by atoms with E-state index in [0.717, 1.165) is 16.7 Å². The van der Waals surface area contributed by atoms with Crippen molar-refractivity contribution in [2.75, 3.05) is 6.61 Å². The highest BCUT2D eigenvalue weighted by molar-refractivity contribution is 5.86. The lowest BCUT2D eigenvalue weighted by Crippen LogP contribution is -2.33. The highest BCUT2D eigenvalue weighted by Crippen LogP contribution is 2.23. The van der Waals surface area contributed by atoms with Gasteiger partial charge in [0.1, 0.15) is 23.6 Å². The zero-order chi connectivity index (χ0) is 19.8. The Kier molecular flexibility index (Phi) is 6.36. The SMILES string of the molecule is C=CCOc1ccc(/C=N\NC(=O)[C@@H](C)Oc2cccc3cccnc23)cc1. The van der Waals surface area contributed by atoms with E-state index in [1.54, 1.807) is 31.5 Å². The second-order valence-electron chi connectivity index (χ2n) is 5.99. The van der Waals surface area contributed by atoms with Crippen LogP contribution in [0.25, 0.3) is 10.9 Å². The second kappa shape index (κ2) is 9.32. The van der Waals surface area contributed by atoms with Crippen molar-refractivity contribution in [3.05, 3.63) is 79.0 Å². The average molecular weight is 375 g/mol. The van der Waals surface area contributed by atoms with Gasteiger partial charge in [0.05, 0.1) is 6.21 Å². The molecule has 6 heteroatoms. The predicted octanol–water partition coefficient (Wildman–Crippen LogP) is 3.72. The molecular formula is C22H21N3O3. The van der Waals surface area contributed by atoms with Crippen LogP contribution in [0.5, 0.6) is 11.5 Å². The first-order chi connectivity index (χ1) is 13.7. The molecule has 0 aliphatic heterocycles. The van der Waals surface area contributed by atoms with Crippen LogP contribution >= 0.6 is 0 Å². The van der Waals surface area contributed by atoms with Gasteiger partial charge in [-0.1, -0.05) is 30.9 Å². The van der Waals surface area contributed by atoms with Crippen LogP contribution in [0, 0.1) is 0 Å². The lowest BCUT2D eigenvalue weighted by atomic mass is 10.2. The van der Waals surface area contributed by atoms with E-state index < -0.39 is 6.10 Å². The maximum atomic E-state index is 12.2. The van der Waals surface area contributed by atoms with Crippen molar-refractivity contribution < 1.29 is 14.3 Å². The molecule has 0 unspecified atom stereocenters. The summed E-state index contributed by atoms with van der Waals surface area (Å²) >= 11 is 0. The molecule has 0 aliphatic carbocycles. The van der Waals surface area contributed by atoms with E-state index in [-0.39, 0.29) is 5.91 Å². The number of pyridine rings is 1. The van der Waals surface area contributed by atoms with Crippen LogP contribution in [0.3, 0.4) is 0 Å². The third-order valence-corrected chi connectivity index (χ3v) is 3.90. The number of aromatic nitrogens is 1. The number of rotatable bonds is 8. The number of para-hydroxylation sites is 1. The molecule has 1 amide bonds. The highest BCUT2D eigenvalue weighted by atomic mass is 16.5. The number of hydrogen-bond acceptors (Lipinski definition) is 5. The molecule has 2 aromatic carbocycles. The first-order valence-corrected chi connectivity index (χ1v) is 8.84. The summed E-state index contributed by atoms with van der Waals surface area (Å²) in [4.78, 5) is 16.6. The zero-order valence-corrected chi connectivity index (χ0v) is 15.5. The Balaban J connectivity index is 1.56. The molecule has 0 aliphatic rings. The molecule has 28 heavy (non-hydrogen) atoms. The van der Waals surface area contributed by atoms with Gasteiger partial charge in [-0.05, 0) is 48.9 Å². The van der Waals surface area contributed by atoms with E-state index in [1.165, 1.54) is 0 Å². The molecule has 0 fully saturated rings. The fourth-order valence-electron chi connectivity index (χ4n) is 2.48. The normalized spacial score (nSPS) is 11.9. The number of nitrogens with one attached hydrogen (secondary N) is 1. The third-order valence-electron chi connectivity index (χ3n) is 3.90. The summed E-state index contributed by atoms with van der Waals surface area (Å²) in [7, 11) is 0. The maximum Gasteiger partial charge on any atom is 0.280 e. The van der Waals surface area contributed by atoms with Crippen LogP contribution < -0.4 is 14.9 Å². The van der Waals surface area contributed by atoms with Crippen LogP contribution in [-0.4, -0.2) is 29.8 Å². The fourth-order valence-corrected chi connectivity index (χ4v) is 2.48. The molecule has 0 spiro atoms. The summed E-state index contributed by atoms with van der Waals surface area (Å²) in [6, 6.07) is 16.7. The molecule has 142 valence electrons. The van der Waals surface area contributed by atoms with Gasteiger partial charge in [-0.15, -0.1) is 0 Å². The van der Waals surface area contributed by atoms with Crippen molar-refractivity contribution in [2.24, 2.45) is 5.10 Å². The summed E-state index contributed by atoms with van der Waals surface area (Å²) in [5, 5.41) is 4.93. The zero-order valence-electron chi connectivity index (χ0n) is 15.5. The van der Waals surface area contributed by atoms with Gasteiger partial charge in [0.2, 0.25) is 0 Å². The largest absolute Gasteiger partial charge is 0.490 e. The summed E-state index contributed by atoms with van der Waals surface area (Å²) in [6.07, 6.45) is 4.21. The van der Waals surface area contributed by atoms with Gasteiger partial charge in [0.15, 0.2) is 6.10 Å². The van der Waals surface area contributed by atoms with E-state index in [9.17, 15) is 4.79 Å². The average Bonchev–Trinajstić information content (AvgIpc) is 2.73. The number of carbonyl (C=O) groups excluding carboxylic acids is 1. The Morgan fingerprint density at radius 3 is 2.79 bits per heavy atom. The predicted molar refractivity (Wildman–Crippen MR) is 110 cm³/mol. The van der Waals surface area contributed by atoms with Gasteiger partial charge in [-0.3, -0.25) is 9.78 Å². The van der Waals surface area contributed by atoms with Gasteiger partial charge < -0.3 is 9.47 Å². The van der Waals surface area contributed by atoms with Crippen LogP contribution in [-0.2, 0) is 4.79 Å². The number of nitrogens with zero attached hydrogens (tertiary/aromatic N) is 2. The monoisotopic (exact) mass is 375 g/mol. The smallest absolute Gasteiger partial charge is 0.280 e. The van der Waals surface area contributed by atoms with Gasteiger partial charge in [-0.25, -0.2) is 5.43 Å². The van der Waals surface area contributed by atoms with Crippen molar-refractivity contribution in [1.82, 2.24) is 10.4 Å². The Morgan fingerprint density at radius 2 is 2.00 bits per heavy atom. The summed E-state index contributed by atoms with van der Waals surface area (Å²) < 4.78 is 11.2. The number of amides is 1. The van der Waals surface area contributed by atoms with E-state index in [2.05, 4.69) is 22.1 Å². The Labute approximate surface area is 163 Å². The summed E-state index contributed by atoms with van der Waals surface area (Å²) in [5.74, 6) is 0.946. The molecule has 1 N–H and O–H groups in total. The van der Waals surface area contributed by atoms with Crippen LogP contribution in [0.4, 0.5) is 0 Å². The number of fused-ring (bicyclic) bond motifs is 1. The molecule has 1 atom stereocenters. The van der Waals surface area contributed by atoms with Crippen LogP contribution in [0.15, 0.2) is 78.6 Å². The molecule has 0 saturated carbocycles. The van der Waals surface area contributed by atoms with Crippen LogP contribution in [0.1, 0.15) is 12.5 Å². The molecular weight excluding hydrogens is 354 g/mol. The standard InChI is InChI=1S/C22H21N3O3/c1-3-14-27-19-11-9-17(10-12-19)15-24-25-22(26)16(2)28-20-8-4-6-18-7-5-13-23-21(18)20/h3-13,15-16H,1,14H2,2H3,(H,25,26)/b24-15-/t16-/m1/s1. The minimum absolute atomic E-state index is 0.352. The van der Waals surface area contributed by atoms with Crippen LogP contribution in [0.2, 0.25) is 0 Å². The Morgan fingerprint density at radius 1 is 1.21 bits per heavy atom. The van der Waals surface area contributed by atoms with Crippen molar-refractivity contribution in [3.63, 3.8) is 0 Å².